The summed E-state index contributed by atoms with van der Waals surface area (Å²) in [6, 6.07) is 9.43. The molecule has 8 heteroatoms. The first kappa shape index (κ1) is 18.1. The smallest absolute Gasteiger partial charge is 0.419 e. The zero-order chi connectivity index (χ0) is 15.3. The van der Waals surface area contributed by atoms with Crippen molar-refractivity contribution in [3.63, 3.8) is 0 Å². The average Bonchev–Trinajstić information content (AvgIpc) is 2.26. The normalized spacial score (nSPS) is 15.7. The molecule has 2 unspecified atom stereocenters. The zero-order valence-electron chi connectivity index (χ0n) is 10.5. The molecule has 0 heterocycles. The highest BCUT2D eigenvalue weighted by atomic mass is 35.7. The number of hydrogen-bond donors (Lipinski definition) is 4. The van der Waals surface area contributed by atoms with Gasteiger partial charge in [-0.2, -0.15) is 0 Å². The van der Waals surface area contributed by atoms with Gasteiger partial charge in [-0.3, -0.25) is 4.79 Å². The van der Waals surface area contributed by atoms with E-state index in [0.717, 1.165) is 5.56 Å². The van der Waals surface area contributed by atoms with Gasteiger partial charge in [0.05, 0.1) is 0 Å². The number of carboxylic acids is 1. The molecule has 1 aromatic rings. The van der Waals surface area contributed by atoms with E-state index in [4.69, 9.17) is 25.2 Å². The van der Waals surface area contributed by atoms with Gasteiger partial charge in [-0.1, -0.05) is 37.3 Å². The van der Waals surface area contributed by atoms with Crippen LogP contribution < -0.4 is 5.73 Å². The van der Waals surface area contributed by atoms with Gasteiger partial charge >= 0.3 is 12.9 Å². The number of benzene rings is 1. The monoisotopic (exact) mass is 309 g/mol. The molecule has 0 amide bonds. The third kappa shape index (κ3) is 7.30. The maximum Gasteiger partial charge on any atom is 0.419 e. The lowest BCUT2D eigenvalue weighted by atomic mass is 9.83. The number of rotatable bonds is 3. The summed E-state index contributed by atoms with van der Waals surface area (Å²) in [5.41, 5.74) is 5.46. The third-order valence-corrected chi connectivity index (χ3v) is 2.66. The third-order valence-electron chi connectivity index (χ3n) is 2.66. The van der Waals surface area contributed by atoms with Gasteiger partial charge in [0, 0.05) is 17.2 Å². The second-order valence-electron chi connectivity index (χ2n) is 4.19. The molecule has 0 aromatic heterocycles. The van der Waals surface area contributed by atoms with Crippen molar-refractivity contribution in [3.8, 4) is 0 Å². The van der Waals surface area contributed by atoms with Crippen LogP contribution in [0.1, 0.15) is 25.3 Å². The van der Waals surface area contributed by atoms with Crippen molar-refractivity contribution in [1.29, 1.82) is 0 Å². The quantitative estimate of drug-likeness (QED) is 0.633. The fourth-order valence-corrected chi connectivity index (χ4v) is 1.27. The van der Waals surface area contributed by atoms with Crippen LogP contribution in [0.3, 0.4) is 0 Å². The first-order chi connectivity index (χ1) is 8.46. The molecule has 1 aromatic carbocycles. The molecule has 5 N–H and O–H groups in total. The molecule has 2 atom stereocenters. The fourth-order valence-electron chi connectivity index (χ4n) is 1.27. The summed E-state index contributed by atoms with van der Waals surface area (Å²) in [5, 5.41) is 8.95. The van der Waals surface area contributed by atoms with Crippen molar-refractivity contribution in [1.82, 2.24) is 0 Å². The van der Waals surface area contributed by atoms with Crippen LogP contribution >= 0.6 is 18.2 Å². The van der Waals surface area contributed by atoms with Crippen LogP contribution in [0.5, 0.6) is 0 Å². The topological polar surface area (TPSA) is 121 Å². The van der Waals surface area contributed by atoms with Crippen LogP contribution in [0, 0.1) is 0 Å². The minimum absolute atomic E-state index is 0.207. The summed E-state index contributed by atoms with van der Waals surface area (Å²) < 4.78 is 9.09. The fraction of sp³-hybridized carbons (Fsp3) is 0.364. The summed E-state index contributed by atoms with van der Waals surface area (Å²) in [4.78, 5) is 25.7. The van der Waals surface area contributed by atoms with E-state index >= 15 is 0 Å². The van der Waals surface area contributed by atoms with E-state index in [0.29, 0.717) is 0 Å². The van der Waals surface area contributed by atoms with Crippen molar-refractivity contribution < 1.29 is 24.3 Å². The highest BCUT2D eigenvalue weighted by Gasteiger charge is 2.35. The molecule has 0 aliphatic rings. The zero-order valence-corrected chi connectivity index (χ0v) is 12.2. The minimum Gasteiger partial charge on any atom is -0.480 e. The molecule has 0 spiro atoms. The van der Waals surface area contributed by atoms with Gasteiger partial charge in [0.2, 0.25) is 0 Å². The highest BCUT2D eigenvalue weighted by molar-refractivity contribution is 7.79. The molecule has 0 bridgehead atoms. The number of hydrogen-bond acceptors (Lipinski definition) is 3. The summed E-state index contributed by atoms with van der Waals surface area (Å²) in [7, 11) is 0. The number of nitrogens with two attached hydrogens (primary N) is 1. The molecule has 1 rings (SSSR count). The Morgan fingerprint density at radius 2 is 1.74 bits per heavy atom. The Balaban J connectivity index is 0.000000555. The molecular formula is C11H17ClNO5P. The predicted octanol–water partition coefficient (Wildman–Crippen LogP) is 1.91. The molecule has 0 fully saturated rings. The molecule has 6 nitrogen and oxygen atoms in total. The number of carbonyl (C=O) groups is 1. The lowest BCUT2D eigenvalue weighted by Gasteiger charge is -2.27. The van der Waals surface area contributed by atoms with Crippen LogP contribution in [0.4, 0.5) is 0 Å². The molecule has 19 heavy (non-hydrogen) atoms. The summed E-state index contributed by atoms with van der Waals surface area (Å²) >= 11 is 4.20. The van der Waals surface area contributed by atoms with Gasteiger partial charge < -0.3 is 20.6 Å². The molecule has 0 saturated heterocycles. The van der Waals surface area contributed by atoms with Gasteiger partial charge in [-0.25, -0.2) is 4.57 Å². The van der Waals surface area contributed by atoms with E-state index in [-0.39, 0.29) is 5.92 Å². The van der Waals surface area contributed by atoms with Crippen molar-refractivity contribution in [3.05, 3.63) is 35.9 Å². The van der Waals surface area contributed by atoms with E-state index < -0.39 is 18.5 Å². The lowest BCUT2D eigenvalue weighted by molar-refractivity contribution is -0.143. The second kappa shape index (κ2) is 7.03. The van der Waals surface area contributed by atoms with E-state index in [9.17, 15) is 4.79 Å². The van der Waals surface area contributed by atoms with Crippen LogP contribution in [0.25, 0.3) is 0 Å². The minimum atomic E-state index is -4.17. The molecule has 0 aliphatic heterocycles. The van der Waals surface area contributed by atoms with Gasteiger partial charge in [-0.05, 0) is 12.5 Å². The molecule has 108 valence electrons. The molecule has 0 saturated carbocycles. The van der Waals surface area contributed by atoms with Crippen molar-refractivity contribution in [2.75, 3.05) is 0 Å². The van der Waals surface area contributed by atoms with Crippen LogP contribution in [-0.4, -0.2) is 26.4 Å². The first-order valence-electron chi connectivity index (χ1n) is 5.28. The standard InChI is InChI=1S/C11H15NO2.ClH2O3P/c1-8(11(2,12)10(13)14)9-6-4-3-5-7-9;1-5(2,3)4/h3-8H,12H2,1-2H3,(H,13,14);(H2,2,3,4). The Hall–Kier alpha value is -0.910. The van der Waals surface area contributed by atoms with Crippen molar-refractivity contribution in [2.45, 2.75) is 25.3 Å². The van der Waals surface area contributed by atoms with E-state index in [1.807, 2.05) is 37.3 Å². The molecule has 0 aliphatic carbocycles. The molecular weight excluding hydrogens is 293 g/mol. The molecule has 0 radical (unpaired) electrons. The summed E-state index contributed by atoms with van der Waals surface area (Å²) in [6.07, 6.45) is 0. The summed E-state index contributed by atoms with van der Waals surface area (Å²) in [5.74, 6) is -1.19. The van der Waals surface area contributed by atoms with Gasteiger partial charge in [0.25, 0.3) is 0 Å². The van der Waals surface area contributed by atoms with Crippen LogP contribution in [-0.2, 0) is 9.36 Å². The number of carboxylic acid groups (broad SMARTS) is 1. The van der Waals surface area contributed by atoms with Gasteiger partial charge in [0.1, 0.15) is 5.54 Å². The SMILES string of the molecule is CC(c1ccccc1)C(C)(N)C(=O)O.O=P(O)(O)Cl. The van der Waals surface area contributed by atoms with E-state index in [1.54, 1.807) is 0 Å². The van der Waals surface area contributed by atoms with E-state index in [2.05, 4.69) is 11.2 Å². The van der Waals surface area contributed by atoms with Gasteiger partial charge in [0.15, 0.2) is 0 Å². The average molecular weight is 310 g/mol. The predicted molar refractivity (Wildman–Crippen MR) is 73.0 cm³/mol. The second-order valence-corrected chi connectivity index (χ2v) is 6.46. The summed E-state index contributed by atoms with van der Waals surface area (Å²) in [6.45, 7) is -0.809. The van der Waals surface area contributed by atoms with Crippen LogP contribution in [0.2, 0.25) is 0 Å². The Bertz CT molecular complexity index is 451. The van der Waals surface area contributed by atoms with E-state index in [1.165, 1.54) is 6.92 Å². The Morgan fingerprint density at radius 3 is 2.05 bits per heavy atom. The highest BCUT2D eigenvalue weighted by Crippen LogP contribution is 2.39. The maximum atomic E-state index is 10.9. The number of halogens is 1. The Labute approximate surface area is 116 Å². The Kier molecular flexibility index (Phi) is 6.69. The van der Waals surface area contributed by atoms with Crippen molar-refractivity contribution >= 4 is 24.2 Å². The number of aliphatic carboxylic acids is 1. The first-order valence-corrected chi connectivity index (χ1v) is 7.80. The van der Waals surface area contributed by atoms with Crippen molar-refractivity contribution in [2.24, 2.45) is 5.73 Å². The largest absolute Gasteiger partial charge is 0.480 e. The van der Waals surface area contributed by atoms with Crippen LogP contribution in [0.15, 0.2) is 30.3 Å². The maximum absolute atomic E-state index is 10.9. The Morgan fingerprint density at radius 1 is 1.37 bits per heavy atom. The lowest BCUT2D eigenvalue weighted by Crippen LogP contribution is -2.49. The van der Waals surface area contributed by atoms with Gasteiger partial charge in [-0.15, -0.1) is 0 Å².